The minimum absolute atomic E-state index is 0.408. The molecule has 2 rings (SSSR count). The van der Waals surface area contributed by atoms with Crippen LogP contribution in [0.2, 0.25) is 5.02 Å². The Morgan fingerprint density at radius 2 is 1.89 bits per heavy atom. The predicted molar refractivity (Wildman–Crippen MR) is 104 cm³/mol. The summed E-state index contributed by atoms with van der Waals surface area (Å²) in [5, 5.41) is 3.15. The van der Waals surface area contributed by atoms with E-state index in [0.717, 1.165) is 5.56 Å². The molecule has 0 unspecified atom stereocenters. The molecular weight excluding hydrogens is 370 g/mol. The van der Waals surface area contributed by atoms with Gasteiger partial charge in [0, 0.05) is 28.4 Å². The van der Waals surface area contributed by atoms with Crippen LogP contribution in [0.4, 0.5) is 5.69 Å². The van der Waals surface area contributed by atoms with Gasteiger partial charge in [0.25, 0.3) is 5.91 Å². The van der Waals surface area contributed by atoms with Gasteiger partial charge in [0.1, 0.15) is 11.5 Å². The molecule has 0 heterocycles. The number of aryl methyl sites for hydroxylation is 1. The van der Waals surface area contributed by atoms with Crippen molar-refractivity contribution < 1.29 is 23.8 Å². The molecule has 1 amide bonds. The lowest BCUT2D eigenvalue weighted by atomic mass is 10.2. The van der Waals surface area contributed by atoms with E-state index in [1.807, 2.05) is 6.92 Å². The highest BCUT2D eigenvalue weighted by Gasteiger charge is 2.08. The average Bonchev–Trinajstić information content (AvgIpc) is 2.67. The van der Waals surface area contributed by atoms with Crippen molar-refractivity contribution in [2.75, 3.05) is 26.1 Å². The number of carbonyl (C=O) groups is 2. The number of esters is 1. The molecule has 0 spiro atoms. The minimum Gasteiger partial charge on any atom is -0.497 e. The van der Waals surface area contributed by atoms with Crippen LogP contribution in [0.1, 0.15) is 11.1 Å². The van der Waals surface area contributed by atoms with Crippen molar-refractivity contribution in [1.29, 1.82) is 0 Å². The van der Waals surface area contributed by atoms with E-state index in [-0.39, 0.29) is 0 Å². The van der Waals surface area contributed by atoms with Crippen LogP contribution in [-0.4, -0.2) is 32.7 Å². The van der Waals surface area contributed by atoms with Crippen LogP contribution in [0, 0.1) is 6.92 Å². The van der Waals surface area contributed by atoms with Crippen LogP contribution in [0.3, 0.4) is 0 Å². The Labute approximate surface area is 162 Å². The highest BCUT2D eigenvalue weighted by Crippen LogP contribution is 2.25. The molecule has 0 aliphatic heterocycles. The summed E-state index contributed by atoms with van der Waals surface area (Å²) in [6.45, 7) is 1.45. The van der Waals surface area contributed by atoms with Gasteiger partial charge in [0.05, 0.1) is 14.2 Å². The number of amides is 1. The number of benzene rings is 2. The van der Waals surface area contributed by atoms with E-state index in [1.165, 1.54) is 19.3 Å². The highest BCUT2D eigenvalue weighted by molar-refractivity contribution is 6.31. The Morgan fingerprint density at radius 3 is 2.56 bits per heavy atom. The van der Waals surface area contributed by atoms with Crippen LogP contribution < -0.4 is 14.8 Å². The Kier molecular flexibility index (Phi) is 7.25. The second-order valence-electron chi connectivity index (χ2n) is 5.56. The molecule has 0 saturated carbocycles. The van der Waals surface area contributed by atoms with Gasteiger partial charge in [-0.15, -0.1) is 0 Å². The first kappa shape index (κ1) is 20.3. The summed E-state index contributed by atoms with van der Waals surface area (Å²) in [4.78, 5) is 23.7. The number of anilines is 1. The summed E-state index contributed by atoms with van der Waals surface area (Å²) < 4.78 is 15.3. The molecule has 0 fully saturated rings. The Balaban J connectivity index is 1.89. The first-order valence-electron chi connectivity index (χ1n) is 8.06. The predicted octanol–water partition coefficient (Wildman–Crippen LogP) is 3.86. The van der Waals surface area contributed by atoms with Crippen LogP contribution in [0.5, 0.6) is 11.5 Å². The van der Waals surface area contributed by atoms with Gasteiger partial charge in [0.2, 0.25) is 0 Å². The zero-order chi connectivity index (χ0) is 19.8. The molecule has 27 heavy (non-hydrogen) atoms. The zero-order valence-corrected chi connectivity index (χ0v) is 16.0. The zero-order valence-electron chi connectivity index (χ0n) is 15.2. The quantitative estimate of drug-likeness (QED) is 0.575. The summed E-state index contributed by atoms with van der Waals surface area (Å²) >= 11 is 6.00. The largest absolute Gasteiger partial charge is 0.497 e. The van der Waals surface area contributed by atoms with Crippen LogP contribution in [0.15, 0.2) is 42.5 Å². The highest BCUT2D eigenvalue weighted by atomic mass is 35.5. The van der Waals surface area contributed by atoms with Crippen LogP contribution in [0.25, 0.3) is 6.08 Å². The fourth-order valence-electron chi connectivity index (χ4n) is 2.17. The van der Waals surface area contributed by atoms with Gasteiger partial charge < -0.3 is 19.5 Å². The Morgan fingerprint density at radius 1 is 1.11 bits per heavy atom. The lowest BCUT2D eigenvalue weighted by molar-refractivity contribution is -0.142. The minimum atomic E-state index is -0.648. The number of hydrogen-bond donors (Lipinski definition) is 1. The first-order chi connectivity index (χ1) is 12.9. The van der Waals surface area contributed by atoms with Crippen molar-refractivity contribution >= 4 is 35.2 Å². The number of rotatable bonds is 7. The third-order valence-corrected chi connectivity index (χ3v) is 4.05. The summed E-state index contributed by atoms with van der Waals surface area (Å²) in [6, 6.07) is 10.3. The molecule has 0 bridgehead atoms. The molecule has 142 valence electrons. The van der Waals surface area contributed by atoms with Gasteiger partial charge >= 0.3 is 5.97 Å². The molecular formula is C20H20ClNO5. The number of nitrogens with one attached hydrogen (secondary N) is 1. The number of halogens is 1. The topological polar surface area (TPSA) is 73.9 Å². The number of ether oxygens (including phenoxy) is 3. The molecule has 0 atom stereocenters. The summed E-state index contributed by atoms with van der Waals surface area (Å²) in [5.41, 5.74) is 2.11. The maximum atomic E-state index is 11.9. The van der Waals surface area contributed by atoms with E-state index in [1.54, 1.807) is 43.5 Å². The third-order valence-electron chi connectivity index (χ3n) is 3.64. The SMILES string of the molecule is COc1ccc(/C=C/C(=O)OCC(=O)Nc2ccc(C)c(Cl)c2)c(OC)c1. The summed E-state index contributed by atoms with van der Waals surface area (Å²) in [7, 11) is 3.07. The lowest BCUT2D eigenvalue weighted by Crippen LogP contribution is -2.20. The van der Waals surface area contributed by atoms with Gasteiger partial charge in [-0.2, -0.15) is 0 Å². The van der Waals surface area contributed by atoms with Crippen molar-refractivity contribution in [3.63, 3.8) is 0 Å². The van der Waals surface area contributed by atoms with E-state index >= 15 is 0 Å². The number of methoxy groups -OCH3 is 2. The maximum Gasteiger partial charge on any atom is 0.331 e. The molecule has 0 aliphatic rings. The standard InChI is InChI=1S/C20H20ClNO5/c1-13-4-7-15(10-17(13)21)22-19(23)12-27-20(24)9-6-14-5-8-16(25-2)11-18(14)26-3/h4-11H,12H2,1-3H3,(H,22,23)/b9-6+. The molecule has 7 heteroatoms. The van der Waals surface area contributed by atoms with Gasteiger partial charge in [0.15, 0.2) is 6.61 Å². The van der Waals surface area contributed by atoms with Crippen LogP contribution in [-0.2, 0) is 14.3 Å². The lowest BCUT2D eigenvalue weighted by Gasteiger charge is -2.08. The second-order valence-corrected chi connectivity index (χ2v) is 5.97. The summed E-state index contributed by atoms with van der Waals surface area (Å²) in [5.74, 6) is 0.0792. The van der Waals surface area contributed by atoms with Gasteiger partial charge in [-0.3, -0.25) is 4.79 Å². The Bertz CT molecular complexity index is 863. The van der Waals surface area contributed by atoms with E-state index in [4.69, 9.17) is 25.8 Å². The normalized spacial score (nSPS) is 10.5. The van der Waals surface area contributed by atoms with Crippen molar-refractivity contribution in [3.05, 3.63) is 58.6 Å². The molecule has 2 aromatic carbocycles. The fourth-order valence-corrected chi connectivity index (χ4v) is 2.35. The first-order valence-corrected chi connectivity index (χ1v) is 8.43. The number of carbonyl (C=O) groups excluding carboxylic acids is 2. The van der Waals surface area contributed by atoms with E-state index in [9.17, 15) is 9.59 Å². The van der Waals surface area contributed by atoms with Crippen molar-refractivity contribution in [1.82, 2.24) is 0 Å². The monoisotopic (exact) mass is 389 g/mol. The fraction of sp³-hybridized carbons (Fsp3) is 0.200. The van der Waals surface area contributed by atoms with Crippen LogP contribution >= 0.6 is 11.6 Å². The summed E-state index contributed by atoms with van der Waals surface area (Å²) in [6.07, 6.45) is 2.76. The smallest absolute Gasteiger partial charge is 0.331 e. The van der Waals surface area contributed by atoms with Crippen molar-refractivity contribution in [2.45, 2.75) is 6.92 Å². The maximum absolute atomic E-state index is 11.9. The van der Waals surface area contributed by atoms with Gasteiger partial charge in [-0.25, -0.2) is 4.79 Å². The van der Waals surface area contributed by atoms with Crippen molar-refractivity contribution in [2.24, 2.45) is 0 Å². The molecule has 0 aliphatic carbocycles. The Hall–Kier alpha value is -2.99. The van der Waals surface area contributed by atoms with E-state index < -0.39 is 18.5 Å². The molecule has 2 aromatic rings. The number of hydrogen-bond acceptors (Lipinski definition) is 5. The van der Waals surface area contributed by atoms with Gasteiger partial charge in [-0.05, 0) is 42.8 Å². The molecule has 0 saturated heterocycles. The molecule has 0 radical (unpaired) electrons. The third kappa shape index (κ3) is 6.04. The molecule has 1 N–H and O–H groups in total. The molecule has 0 aromatic heterocycles. The van der Waals surface area contributed by atoms with E-state index in [2.05, 4.69) is 5.32 Å². The van der Waals surface area contributed by atoms with Crippen molar-refractivity contribution in [3.8, 4) is 11.5 Å². The molecule has 6 nitrogen and oxygen atoms in total. The average molecular weight is 390 g/mol. The van der Waals surface area contributed by atoms with E-state index in [0.29, 0.717) is 27.8 Å². The second kappa shape index (κ2) is 9.64. The van der Waals surface area contributed by atoms with Gasteiger partial charge in [-0.1, -0.05) is 17.7 Å².